The van der Waals surface area contributed by atoms with Gasteiger partial charge in [-0.25, -0.2) is 15.0 Å². The van der Waals surface area contributed by atoms with Crippen molar-refractivity contribution in [1.29, 1.82) is 0 Å². The molecule has 0 atom stereocenters. The van der Waals surface area contributed by atoms with Gasteiger partial charge in [0.1, 0.15) is 21.7 Å². The third-order valence-electron chi connectivity index (χ3n) is 3.48. The Kier molecular flexibility index (Phi) is 5.70. The van der Waals surface area contributed by atoms with Crippen molar-refractivity contribution < 1.29 is 4.79 Å². The summed E-state index contributed by atoms with van der Waals surface area (Å²) in [5, 5.41) is 7.24. The maximum absolute atomic E-state index is 12.5. The lowest BCUT2D eigenvalue weighted by molar-refractivity contribution is 0.103. The van der Waals surface area contributed by atoms with Gasteiger partial charge in [-0.1, -0.05) is 53.6 Å². The third kappa shape index (κ3) is 4.30. The second-order valence-electron chi connectivity index (χ2n) is 5.39. The molecule has 1 aromatic carbocycles. The molecule has 26 heavy (non-hydrogen) atoms. The number of nitrogens with one attached hydrogen (secondary N) is 2. The summed E-state index contributed by atoms with van der Waals surface area (Å²) in [5.74, 6) is 0.885. The Labute approximate surface area is 164 Å². The molecule has 1 amide bonds. The molecule has 2 aromatic heterocycles. The zero-order chi connectivity index (χ0) is 18.7. The minimum absolute atomic E-state index is 0.276. The van der Waals surface area contributed by atoms with E-state index in [2.05, 4.69) is 25.6 Å². The van der Waals surface area contributed by atoms with Gasteiger partial charge >= 0.3 is 0 Å². The summed E-state index contributed by atoms with van der Waals surface area (Å²) >= 11 is 13.3. The summed E-state index contributed by atoms with van der Waals surface area (Å²) in [4.78, 5) is 25.6. The highest BCUT2D eigenvalue weighted by Gasteiger charge is 2.14. The highest BCUT2D eigenvalue weighted by Crippen LogP contribution is 2.28. The number of carbonyl (C=O) groups excluding carboxylic acids is 1. The molecule has 0 saturated carbocycles. The molecule has 0 aliphatic heterocycles. The maximum Gasteiger partial charge on any atom is 0.267 e. The number of aromatic nitrogens is 3. The molecule has 3 aromatic rings. The van der Waals surface area contributed by atoms with Crippen LogP contribution < -0.4 is 10.6 Å². The molecular formula is C17H15Cl2N5OS. The number of anilines is 3. The summed E-state index contributed by atoms with van der Waals surface area (Å²) in [7, 11) is 0. The molecule has 0 aliphatic rings. The van der Waals surface area contributed by atoms with E-state index in [0.29, 0.717) is 43.9 Å². The van der Waals surface area contributed by atoms with Crippen molar-refractivity contribution in [2.75, 3.05) is 10.6 Å². The van der Waals surface area contributed by atoms with Gasteiger partial charge in [-0.15, -0.1) is 0 Å². The van der Waals surface area contributed by atoms with Gasteiger partial charge in [0.25, 0.3) is 5.91 Å². The molecule has 134 valence electrons. The first-order valence-corrected chi connectivity index (χ1v) is 9.36. The number of carbonyl (C=O) groups is 1. The van der Waals surface area contributed by atoms with Crippen LogP contribution >= 0.6 is 34.5 Å². The van der Waals surface area contributed by atoms with Gasteiger partial charge in [0.15, 0.2) is 5.13 Å². The van der Waals surface area contributed by atoms with Gasteiger partial charge < -0.3 is 10.6 Å². The largest absolute Gasteiger partial charge is 0.320 e. The highest BCUT2D eigenvalue weighted by molar-refractivity contribution is 7.17. The molecule has 0 fully saturated rings. The second-order valence-corrected chi connectivity index (χ2v) is 7.21. The van der Waals surface area contributed by atoms with E-state index in [4.69, 9.17) is 23.2 Å². The van der Waals surface area contributed by atoms with Crippen LogP contribution in [0.4, 0.5) is 16.6 Å². The lowest BCUT2D eigenvalue weighted by atomic mass is 10.2. The number of rotatable bonds is 5. The lowest BCUT2D eigenvalue weighted by Gasteiger charge is -2.08. The van der Waals surface area contributed by atoms with Crippen LogP contribution in [0, 0.1) is 6.92 Å². The van der Waals surface area contributed by atoms with Crippen LogP contribution in [-0.4, -0.2) is 20.9 Å². The molecule has 0 spiro atoms. The standard InChI is InChI=1S/C17H15Cl2N5OS/c1-3-13-21-12(19)7-14(22-13)23-17-20-8-11(26-17)16(25)24-15-9(2)5-4-6-10(15)18/h4-8H,3H2,1-2H3,(H,24,25)(H,20,21,22,23). The van der Waals surface area contributed by atoms with E-state index >= 15 is 0 Å². The topological polar surface area (TPSA) is 79.8 Å². The number of thiazole rings is 1. The number of amides is 1. The van der Waals surface area contributed by atoms with Crippen LogP contribution in [0.15, 0.2) is 30.5 Å². The Bertz CT molecular complexity index is 940. The van der Waals surface area contributed by atoms with Gasteiger partial charge in [-0.05, 0) is 18.6 Å². The molecule has 0 unspecified atom stereocenters. The van der Waals surface area contributed by atoms with E-state index in [1.807, 2.05) is 26.0 Å². The predicted molar refractivity (Wildman–Crippen MR) is 106 cm³/mol. The van der Waals surface area contributed by atoms with Crippen molar-refractivity contribution in [2.24, 2.45) is 0 Å². The van der Waals surface area contributed by atoms with Gasteiger partial charge in [0, 0.05) is 12.5 Å². The smallest absolute Gasteiger partial charge is 0.267 e. The molecule has 2 N–H and O–H groups in total. The molecule has 9 heteroatoms. The minimum Gasteiger partial charge on any atom is -0.320 e. The molecule has 3 rings (SSSR count). The zero-order valence-corrected chi connectivity index (χ0v) is 16.3. The third-order valence-corrected chi connectivity index (χ3v) is 4.90. The number of aryl methyl sites for hydroxylation is 2. The fraction of sp³-hybridized carbons (Fsp3) is 0.176. The van der Waals surface area contributed by atoms with Crippen LogP contribution in [0.5, 0.6) is 0 Å². The normalized spacial score (nSPS) is 10.6. The van der Waals surface area contributed by atoms with Crippen LogP contribution in [0.3, 0.4) is 0 Å². The average molecular weight is 408 g/mol. The van der Waals surface area contributed by atoms with E-state index in [9.17, 15) is 4.79 Å². The van der Waals surface area contributed by atoms with Crippen molar-refractivity contribution in [1.82, 2.24) is 15.0 Å². The molecule has 0 radical (unpaired) electrons. The first-order valence-electron chi connectivity index (χ1n) is 7.79. The number of halogens is 2. The van der Waals surface area contributed by atoms with E-state index in [-0.39, 0.29) is 5.91 Å². The summed E-state index contributed by atoms with van der Waals surface area (Å²) in [6.07, 6.45) is 2.16. The molecule has 0 aliphatic carbocycles. The highest BCUT2D eigenvalue weighted by atomic mass is 35.5. The fourth-order valence-electron chi connectivity index (χ4n) is 2.20. The Balaban J connectivity index is 1.75. The van der Waals surface area contributed by atoms with E-state index < -0.39 is 0 Å². The summed E-state index contributed by atoms with van der Waals surface area (Å²) in [5.41, 5.74) is 1.48. The summed E-state index contributed by atoms with van der Waals surface area (Å²) in [6, 6.07) is 7.05. The minimum atomic E-state index is -0.276. The fourth-order valence-corrected chi connectivity index (χ4v) is 3.39. The molecule has 0 bridgehead atoms. The van der Waals surface area contributed by atoms with Crippen LogP contribution in [-0.2, 0) is 6.42 Å². The number of para-hydroxylation sites is 1. The second kappa shape index (κ2) is 7.99. The number of hydrogen-bond donors (Lipinski definition) is 2. The van der Waals surface area contributed by atoms with Crippen molar-refractivity contribution in [3.63, 3.8) is 0 Å². The Morgan fingerprint density at radius 3 is 2.81 bits per heavy atom. The molecular weight excluding hydrogens is 393 g/mol. The van der Waals surface area contributed by atoms with Crippen molar-refractivity contribution in [2.45, 2.75) is 20.3 Å². The SMILES string of the molecule is CCc1nc(Cl)cc(Nc2ncc(C(=O)Nc3c(C)cccc3Cl)s2)n1. The summed E-state index contributed by atoms with van der Waals surface area (Å²) in [6.45, 7) is 3.82. The number of benzene rings is 1. The Morgan fingerprint density at radius 1 is 1.27 bits per heavy atom. The van der Waals surface area contributed by atoms with Crippen LogP contribution in [0.2, 0.25) is 10.2 Å². The van der Waals surface area contributed by atoms with Gasteiger partial charge in [-0.3, -0.25) is 4.79 Å². The van der Waals surface area contributed by atoms with Crippen molar-refractivity contribution >= 4 is 57.1 Å². The van der Waals surface area contributed by atoms with Crippen LogP contribution in [0.25, 0.3) is 0 Å². The van der Waals surface area contributed by atoms with Gasteiger partial charge in [-0.2, -0.15) is 0 Å². The number of nitrogens with zero attached hydrogens (tertiary/aromatic N) is 3. The van der Waals surface area contributed by atoms with Gasteiger partial charge in [0.2, 0.25) is 0 Å². The Morgan fingerprint density at radius 2 is 2.08 bits per heavy atom. The van der Waals surface area contributed by atoms with E-state index in [1.54, 1.807) is 12.1 Å². The van der Waals surface area contributed by atoms with Crippen molar-refractivity contribution in [3.05, 3.63) is 56.9 Å². The Hall–Kier alpha value is -2.22. The lowest BCUT2D eigenvalue weighted by Crippen LogP contribution is -2.11. The molecule has 2 heterocycles. The molecule has 0 saturated heterocycles. The maximum atomic E-state index is 12.5. The van der Waals surface area contributed by atoms with Crippen LogP contribution in [0.1, 0.15) is 28.0 Å². The van der Waals surface area contributed by atoms with Gasteiger partial charge in [0.05, 0.1) is 16.9 Å². The first-order chi connectivity index (χ1) is 12.5. The van der Waals surface area contributed by atoms with E-state index in [1.165, 1.54) is 17.5 Å². The monoisotopic (exact) mass is 407 g/mol. The quantitative estimate of drug-likeness (QED) is 0.574. The average Bonchev–Trinajstić information content (AvgIpc) is 3.06. The zero-order valence-electron chi connectivity index (χ0n) is 14.0. The van der Waals surface area contributed by atoms with Crippen molar-refractivity contribution in [3.8, 4) is 0 Å². The molecule has 6 nitrogen and oxygen atoms in total. The van der Waals surface area contributed by atoms with E-state index in [0.717, 1.165) is 5.56 Å². The summed E-state index contributed by atoms with van der Waals surface area (Å²) < 4.78 is 0. The predicted octanol–water partition coefficient (Wildman–Crippen LogP) is 5.11. The number of hydrogen-bond acceptors (Lipinski definition) is 6. The first kappa shape index (κ1) is 18.6.